The summed E-state index contributed by atoms with van der Waals surface area (Å²) in [4.78, 5) is 11.0. The van der Waals surface area contributed by atoms with Gasteiger partial charge in [-0.1, -0.05) is 13.0 Å². The first-order chi connectivity index (χ1) is 6.72. The fraction of sp³-hybridized carbons (Fsp3) is 0.300. The van der Waals surface area contributed by atoms with E-state index in [1.54, 1.807) is 12.1 Å². The van der Waals surface area contributed by atoms with E-state index >= 15 is 0 Å². The number of nitrogens with one attached hydrogen (secondary N) is 1. The van der Waals surface area contributed by atoms with Gasteiger partial charge in [-0.25, -0.2) is 0 Å². The van der Waals surface area contributed by atoms with Crippen LogP contribution in [-0.4, -0.2) is 17.6 Å². The Hall–Kier alpha value is -1.71. The zero-order valence-electron chi connectivity index (χ0n) is 7.83. The van der Waals surface area contributed by atoms with Crippen molar-refractivity contribution in [3.63, 3.8) is 0 Å². The number of amides is 1. The van der Waals surface area contributed by atoms with Crippen molar-refractivity contribution in [2.45, 2.75) is 13.3 Å². The van der Waals surface area contributed by atoms with E-state index in [2.05, 4.69) is 5.32 Å². The highest BCUT2D eigenvalue weighted by atomic mass is 16.5. The van der Waals surface area contributed by atoms with Crippen molar-refractivity contribution in [3.8, 4) is 11.5 Å². The fourth-order valence-electron chi connectivity index (χ4n) is 1.49. The Morgan fingerprint density at radius 3 is 3.07 bits per heavy atom. The molecule has 14 heavy (non-hydrogen) atoms. The molecule has 1 aliphatic rings. The Balaban J connectivity index is 2.54. The molecular weight excluding hydrogens is 182 g/mol. The van der Waals surface area contributed by atoms with Gasteiger partial charge in [0.25, 0.3) is 5.91 Å². The summed E-state index contributed by atoms with van der Waals surface area (Å²) in [5.74, 6) is 0.401. The molecule has 0 atom stereocenters. The molecule has 0 saturated carbocycles. The second-order valence-electron chi connectivity index (χ2n) is 3.14. The van der Waals surface area contributed by atoms with Crippen molar-refractivity contribution < 1.29 is 14.6 Å². The van der Waals surface area contributed by atoms with E-state index in [0.717, 1.165) is 12.0 Å². The molecule has 1 heterocycles. The number of aromatic hydroxyl groups is 1. The van der Waals surface area contributed by atoms with Gasteiger partial charge in [0.1, 0.15) is 11.4 Å². The van der Waals surface area contributed by atoms with Crippen LogP contribution < -0.4 is 10.1 Å². The molecule has 1 amide bonds. The van der Waals surface area contributed by atoms with Crippen LogP contribution in [0.1, 0.15) is 12.5 Å². The Labute approximate surface area is 81.5 Å². The van der Waals surface area contributed by atoms with Gasteiger partial charge in [0, 0.05) is 0 Å². The van der Waals surface area contributed by atoms with Gasteiger partial charge in [0.15, 0.2) is 12.4 Å². The van der Waals surface area contributed by atoms with Gasteiger partial charge in [-0.3, -0.25) is 4.79 Å². The molecule has 2 rings (SSSR count). The number of hydrogen-bond acceptors (Lipinski definition) is 3. The number of phenolic OH excluding ortho intramolecular Hbond substituents is 1. The minimum Gasteiger partial charge on any atom is -0.506 e. The Kier molecular flexibility index (Phi) is 2.04. The minimum atomic E-state index is -0.235. The van der Waals surface area contributed by atoms with E-state index in [-0.39, 0.29) is 18.3 Å². The van der Waals surface area contributed by atoms with Crippen LogP contribution in [0, 0.1) is 0 Å². The van der Waals surface area contributed by atoms with Crippen LogP contribution in [0.5, 0.6) is 11.5 Å². The molecule has 4 heteroatoms. The molecule has 0 unspecified atom stereocenters. The van der Waals surface area contributed by atoms with Crippen molar-refractivity contribution >= 4 is 11.6 Å². The average molecular weight is 193 g/mol. The number of ether oxygens (including phenoxy) is 1. The number of fused-ring (bicyclic) bond motifs is 1. The maximum Gasteiger partial charge on any atom is 0.262 e. The van der Waals surface area contributed by atoms with E-state index in [4.69, 9.17) is 4.74 Å². The van der Waals surface area contributed by atoms with Crippen LogP contribution in [-0.2, 0) is 11.2 Å². The second-order valence-corrected chi connectivity index (χ2v) is 3.14. The van der Waals surface area contributed by atoms with Crippen LogP contribution in [0.15, 0.2) is 12.1 Å². The predicted molar refractivity (Wildman–Crippen MR) is 51.6 cm³/mol. The molecule has 0 saturated heterocycles. The second kappa shape index (κ2) is 3.21. The molecule has 0 fully saturated rings. The molecule has 0 bridgehead atoms. The highest BCUT2D eigenvalue weighted by Gasteiger charge is 2.21. The zero-order chi connectivity index (χ0) is 10.1. The molecule has 0 aliphatic carbocycles. The third kappa shape index (κ3) is 1.28. The number of rotatable bonds is 1. The first-order valence-electron chi connectivity index (χ1n) is 4.50. The molecule has 74 valence electrons. The molecular formula is C10H11NO3. The number of anilines is 1. The van der Waals surface area contributed by atoms with E-state index in [0.29, 0.717) is 11.4 Å². The largest absolute Gasteiger partial charge is 0.506 e. The van der Waals surface area contributed by atoms with Gasteiger partial charge < -0.3 is 15.2 Å². The average Bonchev–Trinajstić information content (AvgIpc) is 2.19. The van der Waals surface area contributed by atoms with Crippen LogP contribution in [0.3, 0.4) is 0 Å². The van der Waals surface area contributed by atoms with Gasteiger partial charge >= 0.3 is 0 Å². The van der Waals surface area contributed by atoms with Crippen molar-refractivity contribution in [2.24, 2.45) is 0 Å². The number of benzene rings is 1. The summed E-state index contributed by atoms with van der Waals surface area (Å²) in [6.07, 6.45) is 0.804. The van der Waals surface area contributed by atoms with Crippen LogP contribution in [0.2, 0.25) is 0 Å². The lowest BCUT2D eigenvalue weighted by Gasteiger charge is -2.21. The molecule has 1 aliphatic heterocycles. The monoisotopic (exact) mass is 193 g/mol. The van der Waals surface area contributed by atoms with Gasteiger partial charge in [0.05, 0.1) is 0 Å². The molecule has 1 aromatic carbocycles. The van der Waals surface area contributed by atoms with Crippen LogP contribution in [0.4, 0.5) is 5.69 Å². The summed E-state index contributed by atoms with van der Waals surface area (Å²) in [6, 6.07) is 3.36. The zero-order valence-corrected chi connectivity index (χ0v) is 7.83. The van der Waals surface area contributed by atoms with E-state index < -0.39 is 0 Å². The van der Waals surface area contributed by atoms with Crippen LogP contribution >= 0.6 is 0 Å². The summed E-state index contributed by atoms with van der Waals surface area (Å²) in [6.45, 7) is 2.01. The minimum absolute atomic E-state index is 0.0173. The maximum atomic E-state index is 11.0. The van der Waals surface area contributed by atoms with Gasteiger partial charge in [-0.15, -0.1) is 0 Å². The standard InChI is InChI=1S/C10H11NO3/c1-2-6-3-4-7(12)9-10(6)14-5-8(13)11-9/h3-4,12H,2,5H2,1H3,(H,11,13). The number of carbonyl (C=O) groups is 1. The van der Waals surface area contributed by atoms with Crippen LogP contribution in [0.25, 0.3) is 0 Å². The van der Waals surface area contributed by atoms with Crippen molar-refractivity contribution in [1.82, 2.24) is 0 Å². The first kappa shape index (κ1) is 8.87. The Bertz CT molecular complexity index is 387. The third-order valence-electron chi connectivity index (χ3n) is 2.21. The Morgan fingerprint density at radius 1 is 1.57 bits per heavy atom. The molecule has 0 spiro atoms. The lowest BCUT2D eigenvalue weighted by molar-refractivity contribution is -0.118. The van der Waals surface area contributed by atoms with Gasteiger partial charge in [-0.2, -0.15) is 0 Å². The smallest absolute Gasteiger partial charge is 0.262 e. The SMILES string of the molecule is CCc1ccc(O)c2c1OCC(=O)N2. The predicted octanol–water partition coefficient (Wildman–Crippen LogP) is 1.29. The quantitative estimate of drug-likeness (QED) is 0.660. The molecule has 1 aromatic rings. The molecule has 0 aromatic heterocycles. The summed E-state index contributed by atoms with van der Waals surface area (Å²) >= 11 is 0. The van der Waals surface area contributed by atoms with Crippen molar-refractivity contribution in [2.75, 3.05) is 11.9 Å². The topological polar surface area (TPSA) is 58.6 Å². The molecule has 0 radical (unpaired) electrons. The van der Waals surface area contributed by atoms with E-state index in [1.807, 2.05) is 6.92 Å². The normalized spacial score (nSPS) is 14.2. The highest BCUT2D eigenvalue weighted by Crippen LogP contribution is 2.38. The molecule has 2 N–H and O–H groups in total. The molecule has 4 nitrogen and oxygen atoms in total. The lowest BCUT2D eigenvalue weighted by Crippen LogP contribution is -2.26. The van der Waals surface area contributed by atoms with Crippen molar-refractivity contribution in [1.29, 1.82) is 0 Å². The number of phenols is 1. The van der Waals surface area contributed by atoms with E-state index in [9.17, 15) is 9.90 Å². The van der Waals surface area contributed by atoms with Gasteiger partial charge in [-0.05, 0) is 18.1 Å². The first-order valence-corrected chi connectivity index (χ1v) is 4.50. The highest BCUT2D eigenvalue weighted by molar-refractivity contribution is 5.97. The van der Waals surface area contributed by atoms with Crippen molar-refractivity contribution in [3.05, 3.63) is 17.7 Å². The summed E-state index contributed by atoms with van der Waals surface area (Å²) in [7, 11) is 0. The third-order valence-corrected chi connectivity index (χ3v) is 2.21. The number of carbonyl (C=O) groups excluding carboxylic acids is 1. The number of hydrogen-bond donors (Lipinski definition) is 2. The fourth-order valence-corrected chi connectivity index (χ4v) is 1.49. The summed E-state index contributed by atoms with van der Waals surface area (Å²) < 4.78 is 5.27. The lowest BCUT2D eigenvalue weighted by atomic mass is 10.1. The number of aryl methyl sites for hydroxylation is 1. The summed E-state index contributed by atoms with van der Waals surface area (Å²) in [5, 5.41) is 12.1. The van der Waals surface area contributed by atoms with E-state index in [1.165, 1.54) is 0 Å². The van der Waals surface area contributed by atoms with Gasteiger partial charge in [0.2, 0.25) is 0 Å². The maximum absolute atomic E-state index is 11.0. The summed E-state index contributed by atoms with van der Waals surface area (Å²) in [5.41, 5.74) is 1.37. The Morgan fingerprint density at radius 2 is 2.36 bits per heavy atom.